The molecule has 2 aliphatic rings. The third kappa shape index (κ3) is 6.51. The van der Waals surface area contributed by atoms with Crippen molar-refractivity contribution in [2.75, 3.05) is 49.5 Å². The normalized spacial score (nSPS) is 17.6. The Morgan fingerprint density at radius 1 is 1.03 bits per heavy atom. The summed E-state index contributed by atoms with van der Waals surface area (Å²) in [5.74, 6) is 2.91. The van der Waals surface area contributed by atoms with Crippen molar-refractivity contribution in [2.45, 2.75) is 32.8 Å². The predicted molar refractivity (Wildman–Crippen MR) is 134 cm³/mol. The molecule has 2 aliphatic heterocycles. The first-order valence-electron chi connectivity index (χ1n) is 11.7. The van der Waals surface area contributed by atoms with E-state index in [2.05, 4.69) is 42.3 Å². The van der Waals surface area contributed by atoms with Gasteiger partial charge in [-0.25, -0.2) is 0 Å². The Bertz CT molecular complexity index is 982. The van der Waals surface area contributed by atoms with Crippen LogP contribution in [0.15, 0.2) is 42.5 Å². The van der Waals surface area contributed by atoms with Gasteiger partial charge in [0, 0.05) is 48.9 Å². The summed E-state index contributed by atoms with van der Waals surface area (Å²) in [6, 6.07) is 13.6. The zero-order valence-corrected chi connectivity index (χ0v) is 20.3. The van der Waals surface area contributed by atoms with Gasteiger partial charge in [-0.1, -0.05) is 18.2 Å². The molecule has 0 bridgehead atoms. The van der Waals surface area contributed by atoms with E-state index in [0.717, 1.165) is 61.8 Å². The van der Waals surface area contributed by atoms with E-state index in [1.165, 1.54) is 5.56 Å². The molecule has 0 aromatic heterocycles. The summed E-state index contributed by atoms with van der Waals surface area (Å²) in [5, 5.41) is 2.97. The van der Waals surface area contributed by atoms with Gasteiger partial charge in [0.2, 0.25) is 5.91 Å². The number of likely N-dealkylation sites (tertiary alicyclic amines) is 1. The van der Waals surface area contributed by atoms with Gasteiger partial charge in [0.15, 0.2) is 0 Å². The number of ether oxygens (including phenoxy) is 1. The molecule has 2 aromatic rings. The maximum Gasteiger partial charge on any atom is 0.253 e. The average Bonchev–Trinajstić information content (AvgIpc) is 2.83. The molecule has 2 saturated heterocycles. The van der Waals surface area contributed by atoms with Gasteiger partial charge in [0.25, 0.3) is 5.91 Å². The van der Waals surface area contributed by atoms with E-state index in [0.29, 0.717) is 17.8 Å². The molecule has 0 spiro atoms. The van der Waals surface area contributed by atoms with Crippen LogP contribution in [0.3, 0.4) is 0 Å². The molecule has 33 heavy (non-hydrogen) atoms. The number of nitrogens with zero attached hydrogens (tertiary/aromatic N) is 2. The van der Waals surface area contributed by atoms with Crippen molar-refractivity contribution in [3.63, 3.8) is 0 Å². The predicted octanol–water partition coefficient (Wildman–Crippen LogP) is 3.97. The Morgan fingerprint density at radius 3 is 2.55 bits per heavy atom. The molecule has 7 heteroatoms. The van der Waals surface area contributed by atoms with Crippen molar-refractivity contribution >= 4 is 29.3 Å². The summed E-state index contributed by atoms with van der Waals surface area (Å²) in [7, 11) is 0. The van der Waals surface area contributed by atoms with Crippen molar-refractivity contribution in [1.82, 2.24) is 9.80 Å². The van der Waals surface area contributed by atoms with Crippen LogP contribution >= 0.6 is 11.8 Å². The van der Waals surface area contributed by atoms with Crippen LogP contribution in [0.1, 0.15) is 34.3 Å². The number of carbonyl (C=O) groups is 2. The van der Waals surface area contributed by atoms with Gasteiger partial charge >= 0.3 is 0 Å². The van der Waals surface area contributed by atoms with Gasteiger partial charge in [0.1, 0.15) is 11.9 Å². The molecule has 0 saturated carbocycles. The van der Waals surface area contributed by atoms with Crippen LogP contribution in [0, 0.1) is 13.8 Å². The van der Waals surface area contributed by atoms with E-state index in [1.54, 1.807) is 6.07 Å². The second kappa shape index (κ2) is 11.1. The summed E-state index contributed by atoms with van der Waals surface area (Å²) in [6.07, 6.45) is 1.98. The number of anilines is 1. The molecule has 0 atom stereocenters. The SMILES string of the molecule is Cc1ccc(C)c(OC2CCN(CC(=O)Nc3cccc(C(=O)N4CCSCC4)c3)CC2)c1. The number of hydrogen-bond acceptors (Lipinski definition) is 5. The quantitative estimate of drug-likeness (QED) is 0.697. The molecule has 2 amide bonds. The first kappa shape index (κ1) is 23.6. The molecule has 1 N–H and O–H groups in total. The van der Waals surface area contributed by atoms with Crippen molar-refractivity contribution in [3.8, 4) is 5.75 Å². The molecule has 2 heterocycles. The number of thioether (sulfide) groups is 1. The number of aryl methyl sites for hydroxylation is 2. The monoisotopic (exact) mass is 467 g/mol. The van der Waals surface area contributed by atoms with E-state index in [9.17, 15) is 9.59 Å². The zero-order chi connectivity index (χ0) is 23.2. The second-order valence-electron chi connectivity index (χ2n) is 8.90. The van der Waals surface area contributed by atoms with Crippen LogP contribution in [0.2, 0.25) is 0 Å². The summed E-state index contributed by atoms with van der Waals surface area (Å²) in [6.45, 7) is 7.71. The minimum atomic E-state index is -0.0529. The van der Waals surface area contributed by atoms with Crippen LogP contribution in [-0.2, 0) is 4.79 Å². The zero-order valence-electron chi connectivity index (χ0n) is 19.5. The number of carbonyl (C=O) groups excluding carboxylic acids is 2. The van der Waals surface area contributed by atoms with Crippen molar-refractivity contribution in [1.29, 1.82) is 0 Å². The lowest BCUT2D eigenvalue weighted by atomic mass is 10.1. The van der Waals surface area contributed by atoms with E-state index in [4.69, 9.17) is 4.74 Å². The molecule has 176 valence electrons. The fourth-order valence-corrected chi connectivity index (χ4v) is 5.18. The molecular formula is C26H33N3O3S. The topological polar surface area (TPSA) is 61.9 Å². The van der Waals surface area contributed by atoms with Crippen molar-refractivity contribution < 1.29 is 14.3 Å². The Hall–Kier alpha value is -2.51. The van der Waals surface area contributed by atoms with Gasteiger partial charge in [-0.2, -0.15) is 11.8 Å². The first-order valence-corrected chi connectivity index (χ1v) is 12.9. The lowest BCUT2D eigenvalue weighted by molar-refractivity contribution is -0.117. The number of benzene rings is 2. The highest BCUT2D eigenvalue weighted by atomic mass is 32.2. The maximum absolute atomic E-state index is 12.7. The Balaban J connectivity index is 1.25. The van der Waals surface area contributed by atoms with Crippen LogP contribution < -0.4 is 10.1 Å². The minimum absolute atomic E-state index is 0.0392. The fraction of sp³-hybridized carbons (Fsp3) is 0.462. The lowest BCUT2D eigenvalue weighted by Crippen LogP contribution is -2.42. The molecule has 0 unspecified atom stereocenters. The number of amides is 2. The summed E-state index contributed by atoms with van der Waals surface area (Å²) in [5.41, 5.74) is 3.65. The molecule has 0 aliphatic carbocycles. The smallest absolute Gasteiger partial charge is 0.253 e. The highest BCUT2D eigenvalue weighted by molar-refractivity contribution is 7.99. The number of rotatable bonds is 6. The highest BCUT2D eigenvalue weighted by Gasteiger charge is 2.23. The van der Waals surface area contributed by atoms with Crippen LogP contribution in [0.25, 0.3) is 0 Å². The number of piperidine rings is 1. The summed E-state index contributed by atoms with van der Waals surface area (Å²) >= 11 is 1.88. The molecule has 2 fully saturated rings. The summed E-state index contributed by atoms with van der Waals surface area (Å²) < 4.78 is 6.24. The lowest BCUT2D eigenvalue weighted by Gasteiger charge is -2.32. The number of nitrogens with one attached hydrogen (secondary N) is 1. The van der Waals surface area contributed by atoms with Crippen LogP contribution in [0.4, 0.5) is 5.69 Å². The van der Waals surface area contributed by atoms with Gasteiger partial charge < -0.3 is 15.0 Å². The van der Waals surface area contributed by atoms with Crippen LogP contribution in [0.5, 0.6) is 5.75 Å². The molecule has 6 nitrogen and oxygen atoms in total. The van der Waals surface area contributed by atoms with E-state index in [-0.39, 0.29) is 17.9 Å². The van der Waals surface area contributed by atoms with Crippen molar-refractivity contribution in [2.24, 2.45) is 0 Å². The van der Waals surface area contributed by atoms with Gasteiger partial charge in [0.05, 0.1) is 6.54 Å². The highest BCUT2D eigenvalue weighted by Crippen LogP contribution is 2.24. The summed E-state index contributed by atoms with van der Waals surface area (Å²) in [4.78, 5) is 29.4. The Kier molecular flexibility index (Phi) is 7.93. The molecule has 0 radical (unpaired) electrons. The average molecular weight is 468 g/mol. The minimum Gasteiger partial charge on any atom is -0.490 e. The van der Waals surface area contributed by atoms with Crippen molar-refractivity contribution in [3.05, 3.63) is 59.2 Å². The molecule has 4 rings (SSSR count). The maximum atomic E-state index is 12.7. The van der Waals surface area contributed by atoms with E-state index in [1.807, 2.05) is 34.9 Å². The number of hydrogen-bond donors (Lipinski definition) is 1. The second-order valence-corrected chi connectivity index (χ2v) is 10.1. The van der Waals surface area contributed by atoms with Gasteiger partial charge in [-0.3, -0.25) is 14.5 Å². The largest absolute Gasteiger partial charge is 0.490 e. The Labute approximate surface area is 200 Å². The molecule has 2 aromatic carbocycles. The van der Waals surface area contributed by atoms with E-state index >= 15 is 0 Å². The third-order valence-electron chi connectivity index (χ3n) is 6.23. The van der Waals surface area contributed by atoms with Crippen LogP contribution in [-0.4, -0.2) is 71.9 Å². The Morgan fingerprint density at radius 2 is 1.79 bits per heavy atom. The first-order chi connectivity index (χ1) is 16.0. The van der Waals surface area contributed by atoms with E-state index < -0.39 is 0 Å². The van der Waals surface area contributed by atoms with Gasteiger partial charge in [-0.15, -0.1) is 0 Å². The standard InChI is InChI=1S/C26H33N3O3S/c1-19-6-7-20(2)24(16-19)32-23-8-10-28(11-9-23)18-25(30)27-22-5-3-4-21(17-22)26(31)29-12-14-33-15-13-29/h3-7,16-17,23H,8-15,18H2,1-2H3,(H,27,30). The van der Waals surface area contributed by atoms with Gasteiger partial charge in [-0.05, 0) is 62.1 Å². The fourth-order valence-electron chi connectivity index (χ4n) is 4.28. The molecular weight excluding hydrogens is 434 g/mol. The third-order valence-corrected chi connectivity index (χ3v) is 7.17.